The van der Waals surface area contributed by atoms with Crippen molar-refractivity contribution in [2.45, 2.75) is 26.4 Å². The number of nitrogens with zero attached hydrogens (tertiary/aromatic N) is 1. The molecule has 1 heterocycles. The zero-order valence-electron chi connectivity index (χ0n) is 15.4. The lowest BCUT2D eigenvalue weighted by Crippen LogP contribution is -2.26. The van der Waals surface area contributed by atoms with Crippen LogP contribution in [0.3, 0.4) is 0 Å². The lowest BCUT2D eigenvalue weighted by molar-refractivity contribution is 0.0696. The van der Waals surface area contributed by atoms with Gasteiger partial charge in [-0.15, -0.1) is 0 Å². The molecule has 1 unspecified atom stereocenters. The molecular formula is C21H23NO5. The van der Waals surface area contributed by atoms with E-state index in [1.54, 1.807) is 17.0 Å². The average molecular weight is 369 g/mol. The third-order valence-electron chi connectivity index (χ3n) is 4.30. The van der Waals surface area contributed by atoms with Crippen LogP contribution < -0.4 is 9.64 Å². The van der Waals surface area contributed by atoms with Crippen molar-refractivity contribution in [2.75, 3.05) is 18.1 Å². The summed E-state index contributed by atoms with van der Waals surface area (Å²) < 4.78 is 11.0. The molecule has 1 atom stereocenters. The first-order valence-corrected chi connectivity index (χ1v) is 8.95. The molecular weight excluding hydrogens is 346 g/mol. The zero-order valence-corrected chi connectivity index (χ0v) is 15.4. The number of hydrogen-bond donors (Lipinski definition) is 1. The Bertz CT molecular complexity index is 798. The number of carbonyl (C=O) groups is 2. The number of carbonyl (C=O) groups excluding carboxylic acids is 1. The zero-order chi connectivity index (χ0) is 19.4. The van der Waals surface area contributed by atoms with Gasteiger partial charge in [-0.2, -0.15) is 0 Å². The van der Waals surface area contributed by atoms with Gasteiger partial charge in [0.15, 0.2) is 6.10 Å². The molecule has 0 aromatic heterocycles. The summed E-state index contributed by atoms with van der Waals surface area (Å²) >= 11 is 0. The summed E-state index contributed by atoms with van der Waals surface area (Å²) in [5, 5.41) is 8.90. The highest BCUT2D eigenvalue weighted by molar-refractivity contribution is 5.89. The number of aromatic carboxylic acids is 1. The van der Waals surface area contributed by atoms with E-state index >= 15 is 0 Å². The molecule has 1 fully saturated rings. The Morgan fingerprint density at radius 2 is 1.85 bits per heavy atom. The Kier molecular flexibility index (Phi) is 5.64. The van der Waals surface area contributed by atoms with Crippen LogP contribution in [0.5, 0.6) is 5.75 Å². The fraction of sp³-hybridized carbons (Fsp3) is 0.333. The van der Waals surface area contributed by atoms with Gasteiger partial charge in [0, 0.05) is 5.69 Å². The molecule has 1 N–H and O–H groups in total. The summed E-state index contributed by atoms with van der Waals surface area (Å²) in [7, 11) is 0. The van der Waals surface area contributed by atoms with Crippen molar-refractivity contribution in [1.29, 1.82) is 0 Å². The molecule has 6 nitrogen and oxygen atoms in total. The van der Waals surface area contributed by atoms with E-state index in [-0.39, 0.29) is 24.4 Å². The van der Waals surface area contributed by atoms with E-state index in [1.165, 1.54) is 17.7 Å². The predicted octanol–water partition coefficient (Wildman–Crippen LogP) is 3.99. The second-order valence-corrected chi connectivity index (χ2v) is 7.02. The number of ether oxygens (including phenoxy) is 2. The van der Waals surface area contributed by atoms with Crippen molar-refractivity contribution >= 4 is 17.7 Å². The number of carboxylic acid groups (broad SMARTS) is 1. The smallest absolute Gasteiger partial charge is 0.414 e. The molecule has 1 aliphatic rings. The number of carboxylic acids is 1. The first kappa shape index (κ1) is 18.8. The molecule has 27 heavy (non-hydrogen) atoms. The minimum atomic E-state index is -0.985. The summed E-state index contributed by atoms with van der Waals surface area (Å²) in [6.07, 6.45) is 0.232. The first-order chi connectivity index (χ1) is 12.9. The number of rotatable bonds is 7. The largest absolute Gasteiger partial charge is 0.490 e. The number of anilines is 1. The molecule has 2 aromatic rings. The highest BCUT2D eigenvalue weighted by Crippen LogP contribution is 2.23. The van der Waals surface area contributed by atoms with Crippen LogP contribution in [0.15, 0.2) is 48.5 Å². The Labute approximate surface area is 158 Å². The molecule has 3 rings (SSSR count). The molecule has 0 bridgehead atoms. The summed E-state index contributed by atoms with van der Waals surface area (Å²) in [6, 6.07) is 14.1. The quantitative estimate of drug-likeness (QED) is 0.799. The van der Waals surface area contributed by atoms with Crippen molar-refractivity contribution < 1.29 is 24.2 Å². The summed E-state index contributed by atoms with van der Waals surface area (Å²) in [5.41, 5.74) is 2.24. The molecule has 2 aromatic carbocycles. The van der Waals surface area contributed by atoms with E-state index in [0.717, 1.165) is 12.1 Å². The van der Waals surface area contributed by atoms with Crippen molar-refractivity contribution in [1.82, 2.24) is 0 Å². The monoisotopic (exact) mass is 369 g/mol. The van der Waals surface area contributed by atoms with Gasteiger partial charge in [-0.3, -0.25) is 4.90 Å². The minimum Gasteiger partial charge on any atom is -0.490 e. The van der Waals surface area contributed by atoms with Gasteiger partial charge in [-0.05, 0) is 54.3 Å². The number of benzene rings is 2. The third kappa shape index (κ3) is 4.78. The maximum atomic E-state index is 12.2. The molecule has 0 aliphatic carbocycles. The number of cyclic esters (lactones) is 1. The van der Waals surface area contributed by atoms with Gasteiger partial charge in [0.2, 0.25) is 0 Å². The van der Waals surface area contributed by atoms with Gasteiger partial charge >= 0.3 is 12.1 Å². The van der Waals surface area contributed by atoms with Crippen LogP contribution >= 0.6 is 0 Å². The fourth-order valence-corrected chi connectivity index (χ4v) is 2.99. The van der Waals surface area contributed by atoms with E-state index in [2.05, 4.69) is 13.8 Å². The van der Waals surface area contributed by atoms with Crippen LogP contribution in [-0.2, 0) is 11.2 Å². The normalized spacial score (nSPS) is 16.5. The van der Waals surface area contributed by atoms with Crippen LogP contribution in [0.2, 0.25) is 0 Å². The lowest BCUT2D eigenvalue weighted by atomic mass is 10.0. The molecule has 0 saturated carbocycles. The van der Waals surface area contributed by atoms with Crippen molar-refractivity contribution in [3.05, 3.63) is 59.7 Å². The van der Waals surface area contributed by atoms with Crippen molar-refractivity contribution in [2.24, 2.45) is 5.92 Å². The Hall–Kier alpha value is -3.02. The molecule has 0 radical (unpaired) electrons. The first-order valence-electron chi connectivity index (χ1n) is 8.95. The highest BCUT2D eigenvalue weighted by Gasteiger charge is 2.32. The molecule has 1 saturated heterocycles. The number of amides is 1. The molecule has 0 spiro atoms. The lowest BCUT2D eigenvalue weighted by Gasteiger charge is -2.14. The maximum absolute atomic E-state index is 12.2. The Morgan fingerprint density at radius 1 is 1.19 bits per heavy atom. The van der Waals surface area contributed by atoms with Crippen LogP contribution in [0, 0.1) is 5.92 Å². The topological polar surface area (TPSA) is 76.1 Å². The van der Waals surface area contributed by atoms with Gasteiger partial charge in [-0.1, -0.05) is 26.0 Å². The van der Waals surface area contributed by atoms with Crippen LogP contribution in [0.4, 0.5) is 10.5 Å². The standard InChI is InChI=1S/C21H23NO5/c1-14(2)11-15-3-7-17(8-4-15)22-12-19(27-21(22)25)13-26-18-9-5-16(6-10-18)20(23)24/h3-10,14,19H,11-13H2,1-2H3,(H,23,24). The van der Waals surface area contributed by atoms with E-state index in [4.69, 9.17) is 14.6 Å². The fourth-order valence-electron chi connectivity index (χ4n) is 2.99. The second-order valence-electron chi connectivity index (χ2n) is 7.02. The van der Waals surface area contributed by atoms with Gasteiger partial charge in [-0.25, -0.2) is 9.59 Å². The molecule has 1 aliphatic heterocycles. The van der Waals surface area contributed by atoms with Crippen molar-refractivity contribution in [3.8, 4) is 5.75 Å². The summed E-state index contributed by atoms with van der Waals surface area (Å²) in [5.74, 6) is 0.132. The molecule has 6 heteroatoms. The second kappa shape index (κ2) is 8.12. The SMILES string of the molecule is CC(C)Cc1ccc(N2CC(COc3ccc(C(=O)O)cc3)OC2=O)cc1. The van der Waals surface area contributed by atoms with Gasteiger partial charge < -0.3 is 14.6 Å². The van der Waals surface area contributed by atoms with E-state index in [0.29, 0.717) is 18.2 Å². The predicted molar refractivity (Wildman–Crippen MR) is 101 cm³/mol. The average Bonchev–Trinajstić information content (AvgIpc) is 3.01. The maximum Gasteiger partial charge on any atom is 0.414 e. The van der Waals surface area contributed by atoms with E-state index < -0.39 is 5.97 Å². The van der Waals surface area contributed by atoms with Gasteiger partial charge in [0.25, 0.3) is 0 Å². The minimum absolute atomic E-state index is 0.196. The Balaban J connectivity index is 1.56. The van der Waals surface area contributed by atoms with Crippen molar-refractivity contribution in [3.63, 3.8) is 0 Å². The molecule has 1 amide bonds. The van der Waals surface area contributed by atoms with E-state index in [1.807, 2.05) is 24.3 Å². The number of hydrogen-bond acceptors (Lipinski definition) is 4. The third-order valence-corrected chi connectivity index (χ3v) is 4.30. The highest BCUT2D eigenvalue weighted by atomic mass is 16.6. The van der Waals surface area contributed by atoms with Crippen LogP contribution in [-0.4, -0.2) is 36.4 Å². The summed E-state index contributed by atoms with van der Waals surface area (Å²) in [6.45, 7) is 4.97. The van der Waals surface area contributed by atoms with E-state index in [9.17, 15) is 9.59 Å². The Morgan fingerprint density at radius 3 is 2.44 bits per heavy atom. The van der Waals surface area contributed by atoms with Crippen LogP contribution in [0.25, 0.3) is 0 Å². The van der Waals surface area contributed by atoms with Crippen LogP contribution in [0.1, 0.15) is 29.8 Å². The van der Waals surface area contributed by atoms with Gasteiger partial charge in [0.1, 0.15) is 12.4 Å². The van der Waals surface area contributed by atoms with Gasteiger partial charge in [0.05, 0.1) is 12.1 Å². The molecule has 142 valence electrons. The summed E-state index contributed by atoms with van der Waals surface area (Å²) in [4.78, 5) is 24.6.